The lowest BCUT2D eigenvalue weighted by Gasteiger charge is -2.11. The maximum absolute atomic E-state index is 12.7. The SMILES string of the molecule is CCn1c(SCc2ccc(Br)cc2)nnc(Nc2cccc(Cl)c2)c1=O. The Bertz CT molecular complexity index is 962. The molecule has 134 valence electrons. The quantitative estimate of drug-likeness (QED) is 0.528. The number of hydrogen-bond acceptors (Lipinski definition) is 5. The first-order valence-corrected chi connectivity index (χ1v) is 10.1. The lowest BCUT2D eigenvalue weighted by atomic mass is 10.2. The van der Waals surface area contributed by atoms with Crippen LogP contribution in [0.3, 0.4) is 0 Å². The van der Waals surface area contributed by atoms with E-state index < -0.39 is 0 Å². The van der Waals surface area contributed by atoms with Crippen LogP contribution in [0.4, 0.5) is 11.5 Å². The average molecular weight is 452 g/mol. The fourth-order valence-electron chi connectivity index (χ4n) is 2.30. The van der Waals surface area contributed by atoms with Gasteiger partial charge in [0.1, 0.15) is 0 Å². The zero-order valence-electron chi connectivity index (χ0n) is 13.9. The Balaban J connectivity index is 1.80. The molecule has 0 aliphatic rings. The molecule has 0 fully saturated rings. The summed E-state index contributed by atoms with van der Waals surface area (Å²) < 4.78 is 2.65. The zero-order chi connectivity index (χ0) is 18.5. The summed E-state index contributed by atoms with van der Waals surface area (Å²) in [6, 6.07) is 15.2. The van der Waals surface area contributed by atoms with Gasteiger partial charge in [-0.25, -0.2) is 0 Å². The lowest BCUT2D eigenvalue weighted by Crippen LogP contribution is -2.26. The molecule has 5 nitrogen and oxygen atoms in total. The van der Waals surface area contributed by atoms with Crippen LogP contribution in [0.2, 0.25) is 5.02 Å². The number of aromatic nitrogens is 3. The smallest absolute Gasteiger partial charge is 0.297 e. The van der Waals surface area contributed by atoms with Crippen molar-refractivity contribution >= 4 is 50.8 Å². The van der Waals surface area contributed by atoms with Crippen LogP contribution in [0.15, 0.2) is 63.0 Å². The molecule has 2 aromatic carbocycles. The van der Waals surface area contributed by atoms with E-state index in [2.05, 4.69) is 31.4 Å². The summed E-state index contributed by atoms with van der Waals surface area (Å²) in [7, 11) is 0. The Morgan fingerprint density at radius 3 is 2.65 bits per heavy atom. The standard InChI is InChI=1S/C18H16BrClN4OS/c1-2-24-17(25)16(21-15-5-3-4-14(20)10-15)22-23-18(24)26-11-12-6-8-13(19)9-7-12/h3-10H,2,11H2,1H3,(H,21,22). The molecule has 0 radical (unpaired) electrons. The van der Waals surface area contributed by atoms with Crippen LogP contribution in [-0.4, -0.2) is 14.8 Å². The predicted octanol–water partition coefficient (Wildman–Crippen LogP) is 5.11. The van der Waals surface area contributed by atoms with Crippen molar-refractivity contribution in [1.29, 1.82) is 0 Å². The monoisotopic (exact) mass is 450 g/mol. The molecule has 0 unspecified atom stereocenters. The Kier molecular flexibility index (Phi) is 6.34. The van der Waals surface area contributed by atoms with E-state index in [4.69, 9.17) is 11.6 Å². The average Bonchev–Trinajstić information content (AvgIpc) is 2.63. The van der Waals surface area contributed by atoms with Crippen molar-refractivity contribution in [3.05, 3.63) is 73.9 Å². The molecule has 3 aromatic rings. The Morgan fingerprint density at radius 2 is 1.96 bits per heavy atom. The van der Waals surface area contributed by atoms with Crippen LogP contribution >= 0.6 is 39.3 Å². The van der Waals surface area contributed by atoms with Crippen molar-refractivity contribution in [3.8, 4) is 0 Å². The molecule has 0 aliphatic carbocycles. The van der Waals surface area contributed by atoms with Crippen LogP contribution in [0.25, 0.3) is 0 Å². The normalized spacial score (nSPS) is 10.7. The van der Waals surface area contributed by atoms with Gasteiger partial charge in [0.15, 0.2) is 5.16 Å². The van der Waals surface area contributed by atoms with Gasteiger partial charge in [0.05, 0.1) is 0 Å². The van der Waals surface area contributed by atoms with Crippen molar-refractivity contribution in [2.45, 2.75) is 24.4 Å². The second-order valence-electron chi connectivity index (χ2n) is 5.43. The van der Waals surface area contributed by atoms with Crippen LogP contribution in [0.1, 0.15) is 12.5 Å². The van der Waals surface area contributed by atoms with Gasteiger partial charge in [-0.1, -0.05) is 57.5 Å². The van der Waals surface area contributed by atoms with E-state index in [1.807, 2.05) is 37.3 Å². The van der Waals surface area contributed by atoms with Gasteiger partial charge in [0, 0.05) is 27.5 Å². The number of benzene rings is 2. The van der Waals surface area contributed by atoms with Gasteiger partial charge in [-0.15, -0.1) is 10.2 Å². The Hall–Kier alpha value is -1.83. The number of rotatable bonds is 6. The lowest BCUT2D eigenvalue weighted by molar-refractivity contribution is 0.597. The molecule has 3 rings (SSSR count). The first-order valence-electron chi connectivity index (χ1n) is 7.94. The van der Waals surface area contributed by atoms with E-state index in [-0.39, 0.29) is 11.4 Å². The van der Waals surface area contributed by atoms with Gasteiger partial charge in [-0.3, -0.25) is 9.36 Å². The molecule has 0 spiro atoms. The van der Waals surface area contributed by atoms with Crippen LogP contribution in [-0.2, 0) is 12.3 Å². The van der Waals surface area contributed by atoms with E-state index in [9.17, 15) is 4.79 Å². The van der Waals surface area contributed by atoms with Crippen LogP contribution in [0.5, 0.6) is 0 Å². The van der Waals surface area contributed by atoms with Gasteiger partial charge in [0.25, 0.3) is 5.56 Å². The summed E-state index contributed by atoms with van der Waals surface area (Å²) in [5.74, 6) is 0.893. The maximum atomic E-state index is 12.7. The molecule has 1 N–H and O–H groups in total. The fraction of sp³-hybridized carbons (Fsp3) is 0.167. The topological polar surface area (TPSA) is 59.8 Å². The third kappa shape index (κ3) is 4.66. The van der Waals surface area contributed by atoms with Crippen molar-refractivity contribution in [1.82, 2.24) is 14.8 Å². The van der Waals surface area contributed by atoms with E-state index in [0.29, 0.717) is 28.2 Å². The van der Waals surface area contributed by atoms with E-state index >= 15 is 0 Å². The van der Waals surface area contributed by atoms with Gasteiger partial charge in [-0.2, -0.15) is 0 Å². The molecule has 8 heteroatoms. The number of nitrogens with zero attached hydrogens (tertiary/aromatic N) is 3. The molecular weight excluding hydrogens is 436 g/mol. The van der Waals surface area contributed by atoms with Gasteiger partial charge >= 0.3 is 0 Å². The van der Waals surface area contributed by atoms with E-state index in [1.165, 1.54) is 11.8 Å². The minimum Gasteiger partial charge on any atom is -0.334 e. The number of anilines is 2. The van der Waals surface area contributed by atoms with Crippen molar-refractivity contribution in [3.63, 3.8) is 0 Å². The molecule has 0 saturated carbocycles. The summed E-state index contributed by atoms with van der Waals surface area (Å²) in [4.78, 5) is 12.7. The highest BCUT2D eigenvalue weighted by atomic mass is 79.9. The van der Waals surface area contributed by atoms with Gasteiger partial charge in [-0.05, 0) is 42.8 Å². The van der Waals surface area contributed by atoms with Crippen LogP contribution in [0, 0.1) is 0 Å². The Morgan fingerprint density at radius 1 is 1.19 bits per heavy atom. The fourth-order valence-corrected chi connectivity index (χ4v) is 3.71. The minimum atomic E-state index is -0.208. The second kappa shape index (κ2) is 8.70. The third-order valence-electron chi connectivity index (χ3n) is 3.60. The van der Waals surface area contributed by atoms with E-state index in [0.717, 1.165) is 10.0 Å². The molecule has 0 bridgehead atoms. The Labute approximate surface area is 168 Å². The van der Waals surface area contributed by atoms with E-state index in [1.54, 1.807) is 22.8 Å². The molecular formula is C18H16BrClN4OS. The summed E-state index contributed by atoms with van der Waals surface area (Å²) in [6.07, 6.45) is 0. The first-order chi connectivity index (χ1) is 12.6. The van der Waals surface area contributed by atoms with Gasteiger partial charge in [0.2, 0.25) is 5.82 Å². The number of nitrogens with one attached hydrogen (secondary N) is 1. The number of thioether (sulfide) groups is 1. The highest BCUT2D eigenvalue weighted by Crippen LogP contribution is 2.22. The summed E-state index contributed by atoms with van der Waals surface area (Å²) in [6.45, 7) is 2.43. The van der Waals surface area contributed by atoms with Crippen LogP contribution < -0.4 is 10.9 Å². The first kappa shape index (κ1) is 18.9. The maximum Gasteiger partial charge on any atom is 0.297 e. The zero-order valence-corrected chi connectivity index (χ0v) is 17.1. The third-order valence-corrected chi connectivity index (χ3v) is 5.40. The number of halogens is 2. The second-order valence-corrected chi connectivity index (χ2v) is 7.73. The summed E-state index contributed by atoms with van der Waals surface area (Å²) in [5.41, 5.74) is 1.64. The summed E-state index contributed by atoms with van der Waals surface area (Å²) >= 11 is 10.9. The van der Waals surface area contributed by atoms with Gasteiger partial charge < -0.3 is 5.32 Å². The van der Waals surface area contributed by atoms with Crippen molar-refractivity contribution < 1.29 is 0 Å². The molecule has 26 heavy (non-hydrogen) atoms. The molecule has 0 atom stereocenters. The van der Waals surface area contributed by atoms with Crippen molar-refractivity contribution in [2.75, 3.05) is 5.32 Å². The molecule has 0 amide bonds. The predicted molar refractivity (Wildman–Crippen MR) is 110 cm³/mol. The minimum absolute atomic E-state index is 0.183. The molecule has 1 heterocycles. The highest BCUT2D eigenvalue weighted by molar-refractivity contribution is 9.10. The summed E-state index contributed by atoms with van der Waals surface area (Å²) in [5, 5.41) is 12.5. The van der Waals surface area contributed by atoms with Crippen molar-refractivity contribution in [2.24, 2.45) is 0 Å². The molecule has 0 aliphatic heterocycles. The largest absolute Gasteiger partial charge is 0.334 e. The number of hydrogen-bond donors (Lipinski definition) is 1. The molecule has 0 saturated heterocycles. The molecule has 1 aromatic heterocycles. The highest BCUT2D eigenvalue weighted by Gasteiger charge is 2.12.